The van der Waals surface area contributed by atoms with E-state index in [1.54, 1.807) is 24.3 Å². The molecule has 1 aliphatic rings. The average Bonchev–Trinajstić information content (AvgIpc) is 2.87. The Morgan fingerprint density at radius 1 is 0.629 bits per heavy atom. The van der Waals surface area contributed by atoms with Crippen molar-refractivity contribution in [2.75, 3.05) is 36.3 Å². The summed E-state index contributed by atoms with van der Waals surface area (Å²) >= 11 is 10.3. The molecule has 3 aromatic rings. The molecule has 0 saturated carbocycles. The summed E-state index contributed by atoms with van der Waals surface area (Å²) in [6.07, 6.45) is 0. The van der Waals surface area contributed by atoms with Gasteiger partial charge in [0.2, 0.25) is 0 Å². The molecule has 35 heavy (non-hydrogen) atoms. The maximum Gasteiger partial charge on any atom is 0.0944 e. The van der Waals surface area contributed by atoms with Gasteiger partial charge in [-0.2, -0.15) is 20.5 Å². The van der Waals surface area contributed by atoms with E-state index in [4.69, 9.17) is 35.7 Å². The number of piperazine rings is 1. The Morgan fingerprint density at radius 2 is 1.00 bits per heavy atom. The van der Waals surface area contributed by atoms with E-state index in [2.05, 4.69) is 42.4 Å². The van der Waals surface area contributed by atoms with E-state index in [1.165, 1.54) is 12.1 Å². The zero-order valence-electron chi connectivity index (χ0n) is 18.5. The van der Waals surface area contributed by atoms with Crippen LogP contribution in [0.4, 0.5) is 34.1 Å². The molecule has 1 radical (unpaired) electrons. The Balaban J connectivity index is 0.00000342. The van der Waals surface area contributed by atoms with Gasteiger partial charge in [0.15, 0.2) is 0 Å². The third kappa shape index (κ3) is 7.89. The molecule has 1 fully saturated rings. The predicted molar refractivity (Wildman–Crippen MR) is 136 cm³/mol. The van der Waals surface area contributed by atoms with E-state index in [0.717, 1.165) is 37.6 Å². The van der Waals surface area contributed by atoms with Crippen LogP contribution in [0.3, 0.4) is 0 Å². The predicted octanol–water partition coefficient (Wildman–Crippen LogP) is 5.60. The second-order valence-corrected chi connectivity index (χ2v) is 8.76. The minimum atomic E-state index is -0.235. The maximum absolute atomic E-state index is 8.96. The number of nitrogens with zero attached hydrogens (tertiary/aromatic N) is 7. The van der Waals surface area contributed by atoms with Crippen molar-refractivity contribution in [2.24, 2.45) is 20.5 Å². The van der Waals surface area contributed by atoms with Crippen LogP contribution < -0.4 is 10.1 Å². The van der Waals surface area contributed by atoms with Crippen molar-refractivity contribution in [2.45, 2.75) is 4.71 Å². The molecule has 4 rings (SSSR count). The molecule has 0 bridgehead atoms. The largest absolute Gasteiger partial charge is 0.800 e. The summed E-state index contributed by atoms with van der Waals surface area (Å²) < 4.78 is -0.235. The van der Waals surface area contributed by atoms with Gasteiger partial charge in [0.25, 0.3) is 0 Å². The molecular formula is C23H23AuN7O2S2-2. The molecule has 3 aromatic carbocycles. The molecule has 0 amide bonds. The van der Waals surface area contributed by atoms with Gasteiger partial charge < -0.3 is 35.1 Å². The maximum atomic E-state index is 8.96. The fraction of sp³-hybridized carbons (Fsp3) is 0.217. The smallest absolute Gasteiger partial charge is 0.0944 e. The van der Waals surface area contributed by atoms with Gasteiger partial charge >= 0.3 is 0 Å². The zero-order valence-corrected chi connectivity index (χ0v) is 22.3. The molecule has 12 heteroatoms. The minimum Gasteiger partial charge on any atom is -0.800 e. The molecule has 187 valence electrons. The molecule has 0 spiro atoms. The van der Waals surface area contributed by atoms with E-state index < -0.39 is 0 Å². The monoisotopic (exact) mass is 690 g/mol. The van der Waals surface area contributed by atoms with Crippen molar-refractivity contribution in [1.82, 2.24) is 4.90 Å². The summed E-state index contributed by atoms with van der Waals surface area (Å²) in [6, 6.07) is 21.5. The van der Waals surface area contributed by atoms with Crippen LogP contribution in [-0.2, 0) is 47.6 Å². The number of rotatable bonds is 7. The summed E-state index contributed by atoms with van der Waals surface area (Å²) in [5.41, 5.74) is 4.12. The van der Waals surface area contributed by atoms with Crippen molar-refractivity contribution < 1.29 is 32.8 Å². The Kier molecular flexibility index (Phi) is 10.3. The first-order valence-corrected chi connectivity index (χ1v) is 11.5. The van der Waals surface area contributed by atoms with Crippen LogP contribution in [0.25, 0.3) is 0 Å². The van der Waals surface area contributed by atoms with Crippen LogP contribution >= 0.6 is 0 Å². The fourth-order valence-corrected chi connectivity index (χ4v) is 3.81. The Bertz CT molecular complexity index is 1120. The number of anilines is 2. The van der Waals surface area contributed by atoms with Gasteiger partial charge in [-0.25, -0.2) is 4.71 Å². The van der Waals surface area contributed by atoms with Crippen LogP contribution in [0, 0.1) is 0 Å². The number of hydrogen-bond donors (Lipinski definition) is 2. The van der Waals surface area contributed by atoms with Crippen molar-refractivity contribution in [3.8, 4) is 0 Å². The number of azo groups is 2. The van der Waals surface area contributed by atoms with E-state index in [1.807, 2.05) is 24.3 Å². The molecule has 0 aliphatic carbocycles. The van der Waals surface area contributed by atoms with Crippen LogP contribution in [0.1, 0.15) is 0 Å². The zero-order chi connectivity index (χ0) is 23.9. The molecule has 1 saturated heterocycles. The molecule has 1 aliphatic heterocycles. The van der Waals surface area contributed by atoms with Gasteiger partial charge in [-0.15, -0.1) is 5.23 Å². The van der Waals surface area contributed by atoms with Crippen LogP contribution in [-0.4, -0.2) is 46.2 Å². The summed E-state index contributed by atoms with van der Waals surface area (Å²) in [5, 5.41) is 34.9. The summed E-state index contributed by atoms with van der Waals surface area (Å²) in [7, 11) is 0. The first-order valence-electron chi connectivity index (χ1n) is 10.6. The molecule has 2 N–H and O–H groups in total. The van der Waals surface area contributed by atoms with Gasteiger partial charge in [-0.3, -0.25) is 10.4 Å². The van der Waals surface area contributed by atoms with Crippen molar-refractivity contribution >= 4 is 59.4 Å². The number of benzene rings is 3. The molecule has 1 heterocycles. The van der Waals surface area contributed by atoms with Crippen LogP contribution in [0.5, 0.6) is 0 Å². The van der Waals surface area contributed by atoms with E-state index in [9.17, 15) is 0 Å². The standard InChI is InChI=1S/C23H25N7O2S2.Au/c31-30(32)22-11-7-20(8-12-22)27-25-18-3-1-17(2-4-18)24-26-19-5-9-21(10-6-19)28-13-15-29(16-14-28)23(33)34;/h1-12,23,31-34H,13-16H2;/p-2. The molecular weight excluding hydrogens is 667 g/mol. The third-order valence-electron chi connectivity index (χ3n) is 5.32. The SMILES string of the molecule is ON(O)c1ccc(N=Nc2ccc(N=Nc3ccc(N4CCN(C([S-])[S-])CC4)cc3)cc2)cc1.[Au]. The molecule has 0 unspecified atom stereocenters. The summed E-state index contributed by atoms with van der Waals surface area (Å²) in [4.78, 5) is 4.45. The van der Waals surface area contributed by atoms with Gasteiger partial charge in [-0.05, 0) is 72.8 Å². The Labute approximate surface area is 230 Å². The second kappa shape index (κ2) is 13.2. The van der Waals surface area contributed by atoms with Crippen molar-refractivity contribution in [3.05, 3.63) is 72.8 Å². The van der Waals surface area contributed by atoms with Gasteiger partial charge in [0.05, 0.1) is 28.4 Å². The minimum absolute atomic E-state index is 0. The Hall–Kier alpha value is -2.22. The molecule has 0 atom stereocenters. The van der Waals surface area contributed by atoms with Crippen molar-refractivity contribution in [3.63, 3.8) is 0 Å². The summed E-state index contributed by atoms with van der Waals surface area (Å²) in [6.45, 7) is 3.58. The third-order valence-corrected chi connectivity index (χ3v) is 5.92. The summed E-state index contributed by atoms with van der Waals surface area (Å²) in [5.74, 6) is 0. The second-order valence-electron chi connectivity index (χ2n) is 7.57. The fourth-order valence-electron chi connectivity index (χ4n) is 3.39. The first kappa shape index (κ1) is 27.4. The van der Waals surface area contributed by atoms with E-state index in [0.29, 0.717) is 17.1 Å². The first-order chi connectivity index (χ1) is 16.5. The topological polar surface area (TPSA) is 99.6 Å². The molecule has 0 aromatic heterocycles. The van der Waals surface area contributed by atoms with Gasteiger partial charge in [-0.1, -0.05) is 0 Å². The van der Waals surface area contributed by atoms with E-state index >= 15 is 0 Å². The average molecular weight is 691 g/mol. The van der Waals surface area contributed by atoms with Crippen LogP contribution in [0.2, 0.25) is 0 Å². The normalized spacial score (nSPS) is 14.6. The number of hydrogen-bond acceptors (Lipinski definition) is 11. The van der Waals surface area contributed by atoms with E-state index in [-0.39, 0.29) is 38.0 Å². The van der Waals surface area contributed by atoms with Gasteiger partial charge in [0.1, 0.15) is 0 Å². The van der Waals surface area contributed by atoms with Gasteiger partial charge in [0, 0.05) is 54.2 Å². The van der Waals surface area contributed by atoms with Crippen molar-refractivity contribution in [1.29, 1.82) is 0 Å². The molecule has 9 nitrogen and oxygen atoms in total. The van der Waals surface area contributed by atoms with Crippen LogP contribution in [0.15, 0.2) is 93.3 Å². The Morgan fingerprint density at radius 3 is 1.37 bits per heavy atom. The quantitative estimate of drug-likeness (QED) is 0.144.